The summed E-state index contributed by atoms with van der Waals surface area (Å²) in [6, 6.07) is 13.9. The molecule has 0 bridgehead atoms. The number of fused-ring (bicyclic) bond motifs is 2. The number of hydrogen-bond acceptors (Lipinski definition) is 8. The summed E-state index contributed by atoms with van der Waals surface area (Å²) in [4.78, 5) is 10.2. The molecule has 0 saturated carbocycles. The van der Waals surface area contributed by atoms with E-state index in [4.69, 9.17) is 24.8 Å². The van der Waals surface area contributed by atoms with Crippen LogP contribution >= 0.6 is 0 Å². The van der Waals surface area contributed by atoms with Crippen LogP contribution in [0.25, 0.3) is 6.08 Å². The fraction of sp³-hybridized carbons (Fsp3) is 0.321. The fourth-order valence-corrected chi connectivity index (χ4v) is 4.53. The van der Waals surface area contributed by atoms with E-state index in [1.54, 1.807) is 26.6 Å². The van der Waals surface area contributed by atoms with E-state index in [9.17, 15) is 0 Å². The van der Waals surface area contributed by atoms with Crippen molar-refractivity contribution >= 4 is 17.6 Å². The number of ether oxygens (including phenoxy) is 3. The summed E-state index contributed by atoms with van der Waals surface area (Å²) in [7, 11) is 3.36. The number of nitrogens with zero attached hydrogens (tertiary/aromatic N) is 3. The first-order valence-electron chi connectivity index (χ1n) is 12.0. The molecule has 4 rings (SSSR count). The summed E-state index contributed by atoms with van der Waals surface area (Å²) >= 11 is 0. The molecule has 2 aromatic rings. The molecule has 1 atom stereocenters. The lowest BCUT2D eigenvalue weighted by molar-refractivity contribution is -0.128. The molecule has 36 heavy (non-hydrogen) atoms. The molecule has 2 heterocycles. The number of allylic oxidation sites excluding steroid dienone is 1. The minimum Gasteiger partial charge on any atom is -0.495 e. The molecule has 190 valence electrons. The molecule has 2 aliphatic heterocycles. The summed E-state index contributed by atoms with van der Waals surface area (Å²) in [6.45, 7) is 7.64. The van der Waals surface area contributed by atoms with Gasteiger partial charge >= 0.3 is 0 Å². The lowest BCUT2D eigenvalue weighted by atomic mass is 9.94. The van der Waals surface area contributed by atoms with Gasteiger partial charge in [-0.15, -0.1) is 0 Å². The number of amidine groups is 1. The van der Waals surface area contributed by atoms with E-state index >= 15 is 0 Å². The predicted molar refractivity (Wildman–Crippen MR) is 143 cm³/mol. The summed E-state index contributed by atoms with van der Waals surface area (Å²) in [5.41, 5.74) is 8.62. The van der Waals surface area contributed by atoms with Crippen LogP contribution in [0.4, 0.5) is 5.69 Å². The Kier molecular flexibility index (Phi) is 7.85. The molecule has 2 aromatic carbocycles. The Bertz CT molecular complexity index is 1170. The summed E-state index contributed by atoms with van der Waals surface area (Å²) in [5, 5.41) is 4.51. The van der Waals surface area contributed by atoms with Crippen LogP contribution in [0.15, 0.2) is 78.4 Å². The number of nitrogens with two attached hydrogens (primary N) is 1. The Morgan fingerprint density at radius 3 is 2.83 bits per heavy atom. The van der Waals surface area contributed by atoms with Gasteiger partial charge in [0.15, 0.2) is 5.84 Å². The van der Waals surface area contributed by atoms with Gasteiger partial charge in [0.1, 0.15) is 11.5 Å². The lowest BCUT2D eigenvalue weighted by Crippen LogP contribution is -2.49. The molecular weight excluding hydrogens is 456 g/mol. The summed E-state index contributed by atoms with van der Waals surface area (Å²) in [5.74, 6) is 2.28. The molecule has 2 N–H and O–H groups in total. The first kappa shape index (κ1) is 25.2. The van der Waals surface area contributed by atoms with Crippen molar-refractivity contribution in [3.63, 3.8) is 0 Å². The van der Waals surface area contributed by atoms with Crippen LogP contribution in [-0.2, 0) is 15.3 Å². The van der Waals surface area contributed by atoms with Gasteiger partial charge in [-0.2, -0.15) is 0 Å². The predicted octanol–water partition coefficient (Wildman–Crippen LogP) is 4.80. The topological polar surface area (TPSA) is 81.8 Å². The van der Waals surface area contributed by atoms with Gasteiger partial charge in [-0.05, 0) is 49.2 Å². The van der Waals surface area contributed by atoms with Crippen molar-refractivity contribution in [2.45, 2.75) is 25.5 Å². The molecule has 0 amide bonds. The first-order chi connectivity index (χ1) is 17.5. The van der Waals surface area contributed by atoms with Crippen LogP contribution < -0.4 is 20.1 Å². The van der Waals surface area contributed by atoms with Gasteiger partial charge in [-0.3, -0.25) is 0 Å². The van der Waals surface area contributed by atoms with Crippen molar-refractivity contribution < 1.29 is 19.0 Å². The smallest absolute Gasteiger partial charge is 0.244 e. The number of anilines is 1. The Hall–Kier alpha value is -3.91. The number of para-hydroxylation sites is 1. The average molecular weight is 491 g/mol. The van der Waals surface area contributed by atoms with E-state index in [1.807, 2.05) is 66.4 Å². The second-order valence-corrected chi connectivity index (χ2v) is 8.65. The van der Waals surface area contributed by atoms with Crippen LogP contribution in [0.2, 0.25) is 0 Å². The Morgan fingerprint density at radius 1 is 1.25 bits per heavy atom. The lowest BCUT2D eigenvalue weighted by Gasteiger charge is -2.40. The van der Waals surface area contributed by atoms with Crippen LogP contribution in [0.5, 0.6) is 11.5 Å². The Balaban J connectivity index is 1.62. The zero-order valence-electron chi connectivity index (χ0n) is 21.1. The first-order valence-corrected chi connectivity index (χ1v) is 12.0. The maximum atomic E-state index is 6.18. The van der Waals surface area contributed by atoms with Crippen LogP contribution in [0, 0.1) is 0 Å². The van der Waals surface area contributed by atoms with Gasteiger partial charge in [0.2, 0.25) is 5.72 Å². The average Bonchev–Trinajstić information content (AvgIpc) is 3.23. The number of rotatable bonds is 10. The molecule has 8 nitrogen and oxygen atoms in total. The number of benzene rings is 2. The number of oxime groups is 1. The highest BCUT2D eigenvalue weighted by Gasteiger charge is 2.50. The van der Waals surface area contributed by atoms with Crippen molar-refractivity contribution in [3.8, 4) is 11.5 Å². The summed E-state index contributed by atoms with van der Waals surface area (Å²) in [6.07, 6.45) is 8.98. The molecule has 0 aromatic heterocycles. The standard InChI is InChI=1S/C28H34N4O4/c1-5-31(20-21(2)29)24-13-11-22(19-26(24)34-4)12-14-27-30-36-28(32(27)16-8-17-33-3)15-18-35-25-10-7-6-9-23(25)28/h5-7,9-14,19-20H,1,8,15-18,29H2,2-4H3/b14-12+,21-20-. The second kappa shape index (κ2) is 11.2. The molecule has 0 aliphatic carbocycles. The second-order valence-electron chi connectivity index (χ2n) is 8.65. The quantitative estimate of drug-likeness (QED) is 0.479. The van der Waals surface area contributed by atoms with Gasteiger partial charge < -0.3 is 34.6 Å². The Morgan fingerprint density at radius 2 is 2.08 bits per heavy atom. The maximum Gasteiger partial charge on any atom is 0.244 e. The van der Waals surface area contributed by atoms with Crippen molar-refractivity contribution in [1.29, 1.82) is 0 Å². The molecule has 1 spiro atoms. The van der Waals surface area contributed by atoms with E-state index in [0.29, 0.717) is 31.1 Å². The van der Waals surface area contributed by atoms with Gasteiger partial charge in [-0.1, -0.05) is 36.0 Å². The monoisotopic (exact) mass is 490 g/mol. The molecular formula is C28H34N4O4. The van der Waals surface area contributed by atoms with E-state index in [1.165, 1.54) is 0 Å². The fourth-order valence-electron chi connectivity index (χ4n) is 4.53. The molecule has 8 heteroatoms. The zero-order valence-corrected chi connectivity index (χ0v) is 21.1. The molecule has 1 unspecified atom stereocenters. The highest BCUT2D eigenvalue weighted by Crippen LogP contribution is 2.45. The normalized spacial score (nSPS) is 19.0. The van der Waals surface area contributed by atoms with Crippen molar-refractivity contribution in [2.75, 3.05) is 38.9 Å². The highest BCUT2D eigenvalue weighted by atomic mass is 16.7. The third kappa shape index (κ3) is 5.04. The van der Waals surface area contributed by atoms with Crippen molar-refractivity contribution in [2.24, 2.45) is 10.9 Å². The van der Waals surface area contributed by atoms with Crippen molar-refractivity contribution in [1.82, 2.24) is 4.90 Å². The van der Waals surface area contributed by atoms with E-state index in [0.717, 1.165) is 41.4 Å². The van der Waals surface area contributed by atoms with Crippen LogP contribution in [0.1, 0.15) is 30.9 Å². The maximum absolute atomic E-state index is 6.18. The number of hydrogen-bond donors (Lipinski definition) is 1. The molecule has 0 saturated heterocycles. The number of methoxy groups -OCH3 is 2. The molecule has 0 fully saturated rings. The SMILES string of the molecule is C=CN(/C=C(/C)N)c1ccc(/C=C/C2=NOC3(CCOc4ccccc43)N2CCCOC)cc1OC. The van der Waals surface area contributed by atoms with E-state index < -0.39 is 5.72 Å². The van der Waals surface area contributed by atoms with Crippen LogP contribution in [0.3, 0.4) is 0 Å². The van der Waals surface area contributed by atoms with Gasteiger partial charge in [0.25, 0.3) is 0 Å². The third-order valence-corrected chi connectivity index (χ3v) is 6.19. The minimum absolute atomic E-state index is 0.555. The molecule has 2 aliphatic rings. The minimum atomic E-state index is -0.694. The highest BCUT2D eigenvalue weighted by molar-refractivity contribution is 5.97. The largest absolute Gasteiger partial charge is 0.495 e. The van der Waals surface area contributed by atoms with Gasteiger partial charge in [0.05, 0.1) is 25.0 Å². The van der Waals surface area contributed by atoms with Crippen molar-refractivity contribution in [3.05, 3.63) is 84.3 Å². The zero-order chi connectivity index (χ0) is 25.5. The van der Waals surface area contributed by atoms with Gasteiger partial charge in [0, 0.05) is 44.8 Å². The Labute approximate surface area is 212 Å². The van der Waals surface area contributed by atoms with Gasteiger partial charge in [-0.25, -0.2) is 0 Å². The molecule has 0 radical (unpaired) electrons. The third-order valence-electron chi connectivity index (χ3n) is 6.19. The van der Waals surface area contributed by atoms with E-state index in [-0.39, 0.29) is 0 Å². The van der Waals surface area contributed by atoms with E-state index in [2.05, 4.69) is 16.6 Å². The summed E-state index contributed by atoms with van der Waals surface area (Å²) < 4.78 is 16.9. The van der Waals surface area contributed by atoms with Crippen LogP contribution in [-0.4, -0.2) is 44.7 Å².